The first-order valence-electron chi connectivity index (χ1n) is 9.99. The van der Waals surface area contributed by atoms with Crippen LogP contribution >= 0.6 is 0 Å². The van der Waals surface area contributed by atoms with E-state index in [0.717, 1.165) is 17.0 Å². The zero-order chi connectivity index (χ0) is 20.9. The Balaban J connectivity index is 1.51. The highest BCUT2D eigenvalue weighted by Gasteiger charge is 2.28. The first-order valence-corrected chi connectivity index (χ1v) is 9.99. The van der Waals surface area contributed by atoms with E-state index >= 15 is 0 Å². The summed E-state index contributed by atoms with van der Waals surface area (Å²) in [5.74, 6) is 2.53. The van der Waals surface area contributed by atoms with E-state index in [2.05, 4.69) is 4.98 Å². The van der Waals surface area contributed by atoms with Crippen molar-refractivity contribution in [3.8, 4) is 11.5 Å². The van der Waals surface area contributed by atoms with Gasteiger partial charge in [0.15, 0.2) is 5.89 Å². The monoisotopic (exact) mass is 407 g/mol. The molecule has 7 nitrogen and oxygen atoms in total. The quantitative estimate of drug-likeness (QED) is 0.648. The summed E-state index contributed by atoms with van der Waals surface area (Å²) in [6.45, 7) is 1.66. The molecule has 0 radical (unpaired) electrons. The van der Waals surface area contributed by atoms with E-state index < -0.39 is 0 Å². The summed E-state index contributed by atoms with van der Waals surface area (Å²) in [6, 6.07) is 15.3. The molecule has 3 aromatic rings. The number of ether oxygens (including phenoxy) is 2. The second-order valence-corrected chi connectivity index (χ2v) is 7.12. The molecule has 7 heteroatoms. The van der Waals surface area contributed by atoms with Gasteiger partial charge >= 0.3 is 0 Å². The van der Waals surface area contributed by atoms with Crippen LogP contribution in [-0.4, -0.2) is 42.6 Å². The molecule has 0 saturated carbocycles. The lowest BCUT2D eigenvalue weighted by Gasteiger charge is -2.26. The number of fused-ring (bicyclic) bond motifs is 1. The van der Waals surface area contributed by atoms with Gasteiger partial charge in [-0.25, -0.2) is 4.98 Å². The molecule has 2 aromatic carbocycles. The summed E-state index contributed by atoms with van der Waals surface area (Å²) >= 11 is 0. The number of rotatable bonds is 7. The first-order chi connectivity index (χ1) is 14.7. The largest absolute Gasteiger partial charge is 0.497 e. The number of benzene rings is 2. The van der Waals surface area contributed by atoms with Gasteiger partial charge in [0.25, 0.3) is 5.91 Å². The van der Waals surface area contributed by atoms with Crippen molar-refractivity contribution < 1.29 is 18.7 Å². The topological polar surface area (TPSA) is 90.8 Å². The van der Waals surface area contributed by atoms with E-state index in [0.29, 0.717) is 62.0 Å². The Morgan fingerprint density at radius 1 is 1.23 bits per heavy atom. The van der Waals surface area contributed by atoms with Gasteiger partial charge in [-0.15, -0.1) is 0 Å². The van der Waals surface area contributed by atoms with E-state index in [1.54, 1.807) is 30.2 Å². The molecule has 2 N–H and O–H groups in total. The number of carbonyl (C=O) groups excluding carboxylic acids is 1. The van der Waals surface area contributed by atoms with Gasteiger partial charge in [0, 0.05) is 32.0 Å². The van der Waals surface area contributed by atoms with Crippen LogP contribution in [0.5, 0.6) is 11.5 Å². The van der Waals surface area contributed by atoms with E-state index in [9.17, 15) is 4.79 Å². The van der Waals surface area contributed by atoms with Crippen LogP contribution in [0.15, 0.2) is 52.9 Å². The predicted molar refractivity (Wildman–Crippen MR) is 112 cm³/mol. The van der Waals surface area contributed by atoms with E-state index in [4.69, 9.17) is 19.6 Å². The van der Waals surface area contributed by atoms with Crippen molar-refractivity contribution in [3.63, 3.8) is 0 Å². The minimum absolute atomic E-state index is 0.108. The molecule has 30 heavy (non-hydrogen) atoms. The van der Waals surface area contributed by atoms with Crippen molar-refractivity contribution in [2.75, 3.05) is 26.8 Å². The SMILES string of the molecule is COc1ccc(C(=O)N2CCc3oc(Cc4ccccc4)nc3C2)c(OCCN)c1. The lowest BCUT2D eigenvalue weighted by Crippen LogP contribution is -2.36. The van der Waals surface area contributed by atoms with Crippen LogP contribution in [0.3, 0.4) is 0 Å². The van der Waals surface area contributed by atoms with E-state index in [-0.39, 0.29) is 5.91 Å². The number of aromatic nitrogens is 1. The number of methoxy groups -OCH3 is 1. The zero-order valence-corrected chi connectivity index (χ0v) is 17.0. The number of carbonyl (C=O) groups is 1. The summed E-state index contributed by atoms with van der Waals surface area (Å²) < 4.78 is 16.9. The average molecular weight is 407 g/mol. The second-order valence-electron chi connectivity index (χ2n) is 7.12. The average Bonchev–Trinajstić information content (AvgIpc) is 3.19. The summed E-state index contributed by atoms with van der Waals surface area (Å²) in [4.78, 5) is 19.6. The minimum atomic E-state index is -0.108. The fourth-order valence-electron chi connectivity index (χ4n) is 3.54. The van der Waals surface area contributed by atoms with Crippen molar-refractivity contribution in [2.45, 2.75) is 19.4 Å². The van der Waals surface area contributed by atoms with Crippen LogP contribution in [0.1, 0.15) is 33.3 Å². The van der Waals surface area contributed by atoms with Gasteiger partial charge in [-0.05, 0) is 17.7 Å². The second kappa shape index (κ2) is 9.00. The molecule has 4 rings (SSSR count). The Labute approximate surface area is 175 Å². The fourth-order valence-corrected chi connectivity index (χ4v) is 3.54. The van der Waals surface area contributed by atoms with Crippen LogP contribution in [0.4, 0.5) is 0 Å². The Bertz CT molecular complexity index is 1020. The maximum absolute atomic E-state index is 13.2. The summed E-state index contributed by atoms with van der Waals surface area (Å²) in [7, 11) is 1.58. The molecule has 0 atom stereocenters. The number of hydrogen-bond acceptors (Lipinski definition) is 6. The van der Waals surface area contributed by atoms with Gasteiger partial charge in [0.2, 0.25) is 0 Å². The van der Waals surface area contributed by atoms with Gasteiger partial charge in [-0.1, -0.05) is 30.3 Å². The van der Waals surface area contributed by atoms with Crippen LogP contribution in [-0.2, 0) is 19.4 Å². The Hall–Kier alpha value is -3.32. The Morgan fingerprint density at radius 3 is 2.83 bits per heavy atom. The van der Waals surface area contributed by atoms with Crippen LogP contribution in [0, 0.1) is 0 Å². The smallest absolute Gasteiger partial charge is 0.257 e. The number of nitrogens with zero attached hydrogens (tertiary/aromatic N) is 2. The predicted octanol–water partition coefficient (Wildman–Crippen LogP) is 2.81. The van der Waals surface area contributed by atoms with Crippen LogP contribution < -0.4 is 15.2 Å². The third-order valence-electron chi connectivity index (χ3n) is 5.05. The summed E-state index contributed by atoms with van der Waals surface area (Å²) in [5.41, 5.74) is 8.00. The molecule has 0 unspecified atom stereocenters. The summed E-state index contributed by atoms with van der Waals surface area (Å²) in [5, 5.41) is 0. The Morgan fingerprint density at radius 2 is 2.07 bits per heavy atom. The number of nitrogens with two attached hydrogens (primary N) is 1. The van der Waals surface area contributed by atoms with Gasteiger partial charge in [-0.3, -0.25) is 4.79 Å². The molecule has 1 aromatic heterocycles. The summed E-state index contributed by atoms with van der Waals surface area (Å²) in [6.07, 6.45) is 1.27. The molecule has 2 heterocycles. The van der Waals surface area contributed by atoms with Gasteiger partial charge < -0.3 is 24.5 Å². The maximum atomic E-state index is 13.2. The highest BCUT2D eigenvalue weighted by molar-refractivity contribution is 5.97. The molecule has 0 bridgehead atoms. The minimum Gasteiger partial charge on any atom is -0.497 e. The van der Waals surface area contributed by atoms with Crippen LogP contribution in [0.2, 0.25) is 0 Å². The first kappa shape index (κ1) is 20.0. The lowest BCUT2D eigenvalue weighted by atomic mass is 10.1. The molecule has 0 aliphatic carbocycles. The highest BCUT2D eigenvalue weighted by atomic mass is 16.5. The maximum Gasteiger partial charge on any atom is 0.257 e. The van der Waals surface area contributed by atoms with Crippen molar-refractivity contribution in [2.24, 2.45) is 5.73 Å². The fraction of sp³-hybridized carbons (Fsp3) is 0.304. The Kier molecular flexibility index (Phi) is 5.99. The molecule has 0 saturated heterocycles. The van der Waals surface area contributed by atoms with Crippen molar-refractivity contribution >= 4 is 5.91 Å². The number of oxazole rings is 1. The van der Waals surface area contributed by atoms with E-state index in [1.165, 1.54) is 0 Å². The van der Waals surface area contributed by atoms with Gasteiger partial charge in [0.05, 0.1) is 19.2 Å². The number of hydrogen-bond donors (Lipinski definition) is 1. The molecule has 0 spiro atoms. The third-order valence-corrected chi connectivity index (χ3v) is 5.05. The third kappa shape index (κ3) is 4.31. The van der Waals surface area contributed by atoms with Crippen molar-refractivity contribution in [1.29, 1.82) is 0 Å². The number of amides is 1. The normalized spacial score (nSPS) is 13.1. The van der Waals surface area contributed by atoms with Crippen molar-refractivity contribution in [3.05, 3.63) is 77.0 Å². The van der Waals surface area contributed by atoms with Gasteiger partial charge in [0.1, 0.15) is 29.6 Å². The van der Waals surface area contributed by atoms with Gasteiger partial charge in [-0.2, -0.15) is 0 Å². The standard InChI is InChI=1S/C23H25N3O4/c1-28-17-7-8-18(21(14-17)29-12-10-24)23(27)26-11-9-20-19(15-26)25-22(30-20)13-16-5-3-2-4-6-16/h2-8,14H,9-13,15,24H2,1H3. The molecule has 1 amide bonds. The van der Waals surface area contributed by atoms with E-state index in [1.807, 2.05) is 30.3 Å². The molecule has 0 fully saturated rings. The molecule has 1 aliphatic heterocycles. The van der Waals surface area contributed by atoms with Crippen molar-refractivity contribution in [1.82, 2.24) is 9.88 Å². The lowest BCUT2D eigenvalue weighted by molar-refractivity contribution is 0.0723. The molecular formula is C23H25N3O4. The molecule has 1 aliphatic rings. The zero-order valence-electron chi connectivity index (χ0n) is 17.0. The van der Waals surface area contributed by atoms with Crippen LogP contribution in [0.25, 0.3) is 0 Å². The molecule has 156 valence electrons. The molecular weight excluding hydrogens is 382 g/mol. The highest BCUT2D eigenvalue weighted by Crippen LogP contribution is 2.28.